The molecule has 0 saturated carbocycles. The molecule has 39 heavy (non-hydrogen) atoms. The number of aliphatic imine (C=N–C) groups is 2. The van der Waals surface area contributed by atoms with Crippen LogP contribution in [0.4, 0.5) is 8.78 Å². The van der Waals surface area contributed by atoms with Gasteiger partial charge in [-0.1, -0.05) is 0 Å². The van der Waals surface area contributed by atoms with Gasteiger partial charge in [0.05, 0.1) is 11.6 Å². The number of nitrogens with zero attached hydrogens (tertiary/aromatic N) is 6. The first-order valence-electron chi connectivity index (χ1n) is 11.4. The second kappa shape index (κ2) is 10.2. The summed E-state index contributed by atoms with van der Waals surface area (Å²) in [6, 6.07) is 5.87. The number of benzene rings is 1. The summed E-state index contributed by atoms with van der Waals surface area (Å²) in [6.07, 6.45) is 6.60. The smallest absolute Gasteiger partial charge is 0.209 e. The van der Waals surface area contributed by atoms with Gasteiger partial charge in [0.1, 0.15) is 29.2 Å². The summed E-state index contributed by atoms with van der Waals surface area (Å²) in [5.41, 5.74) is 3.31. The van der Waals surface area contributed by atoms with Gasteiger partial charge in [-0.15, -0.1) is 0 Å². The van der Waals surface area contributed by atoms with Crippen molar-refractivity contribution in [2.45, 2.75) is 13.5 Å². The lowest BCUT2D eigenvalue weighted by atomic mass is 10.0. The first kappa shape index (κ1) is 25.9. The first-order chi connectivity index (χ1) is 18.6. The summed E-state index contributed by atoms with van der Waals surface area (Å²) in [5, 5.41) is 7.06. The molecule has 14 heteroatoms. The summed E-state index contributed by atoms with van der Waals surface area (Å²) in [7, 11) is -3.47. The maximum Gasteiger partial charge on any atom is 0.209 e. The number of halogens is 2. The monoisotopic (exact) mass is 549 g/mol. The molecule has 0 aliphatic carbocycles. The van der Waals surface area contributed by atoms with E-state index < -0.39 is 21.7 Å². The van der Waals surface area contributed by atoms with Gasteiger partial charge in [0, 0.05) is 36.3 Å². The summed E-state index contributed by atoms with van der Waals surface area (Å²) >= 11 is 0. The minimum atomic E-state index is -3.47. The molecule has 0 spiro atoms. The van der Waals surface area contributed by atoms with E-state index in [-0.39, 0.29) is 34.7 Å². The molecule has 3 N–H and O–H groups in total. The van der Waals surface area contributed by atoms with E-state index in [2.05, 4.69) is 51.6 Å². The number of fused-ring (bicyclic) bond motifs is 2. The van der Waals surface area contributed by atoms with Gasteiger partial charge in [0.2, 0.25) is 10.0 Å². The number of H-pyrrole nitrogens is 2. The van der Waals surface area contributed by atoms with Gasteiger partial charge in [0.25, 0.3) is 0 Å². The summed E-state index contributed by atoms with van der Waals surface area (Å²) in [5.74, 6) is -0.893. The Morgan fingerprint density at radius 1 is 1.21 bits per heavy atom. The van der Waals surface area contributed by atoms with E-state index in [1.165, 1.54) is 37.1 Å². The van der Waals surface area contributed by atoms with Crippen molar-refractivity contribution < 1.29 is 17.2 Å². The minimum absolute atomic E-state index is 0.0826. The third-order valence-corrected chi connectivity index (χ3v) is 6.45. The minimum Gasteiger partial charge on any atom is -0.321 e. The predicted octanol–water partition coefficient (Wildman–Crippen LogP) is 3.98. The average molecular weight is 550 g/mol. The van der Waals surface area contributed by atoms with Crippen LogP contribution in [0.5, 0.6) is 0 Å². The van der Waals surface area contributed by atoms with E-state index in [0.29, 0.717) is 33.4 Å². The Balaban J connectivity index is 1.60. The number of hydrogen-bond donors (Lipinski definition) is 3. The molecule has 5 aromatic rings. The number of aromatic nitrogens is 6. The highest BCUT2D eigenvalue weighted by Gasteiger charge is 2.21. The van der Waals surface area contributed by atoms with Crippen LogP contribution in [0.1, 0.15) is 18.1 Å². The second-order valence-corrected chi connectivity index (χ2v) is 10.5. The molecule has 0 aliphatic rings. The molecule has 0 saturated heterocycles. The van der Waals surface area contributed by atoms with Crippen LogP contribution in [0.25, 0.3) is 50.4 Å². The van der Waals surface area contributed by atoms with Crippen molar-refractivity contribution in [2.24, 2.45) is 9.98 Å². The Labute approximate surface area is 220 Å². The van der Waals surface area contributed by atoms with E-state index in [9.17, 15) is 12.8 Å². The molecule has 0 unspecified atom stereocenters. The van der Waals surface area contributed by atoms with Crippen LogP contribution >= 0.6 is 0 Å². The van der Waals surface area contributed by atoms with E-state index in [1.807, 2.05) is 0 Å². The van der Waals surface area contributed by atoms with Gasteiger partial charge < -0.3 is 4.98 Å². The molecular formula is C25H21F2N9O2S. The van der Waals surface area contributed by atoms with Crippen LogP contribution in [0.15, 0.2) is 52.8 Å². The molecular weight excluding hydrogens is 528 g/mol. The van der Waals surface area contributed by atoms with Crippen molar-refractivity contribution >= 4 is 50.8 Å². The number of sulfonamides is 1. The number of imidazole rings is 1. The highest BCUT2D eigenvalue weighted by molar-refractivity contribution is 7.88. The lowest BCUT2D eigenvalue weighted by Crippen LogP contribution is -2.21. The van der Waals surface area contributed by atoms with Gasteiger partial charge in [0.15, 0.2) is 17.1 Å². The fourth-order valence-electron chi connectivity index (χ4n) is 4.04. The number of aromatic amines is 2. The highest BCUT2D eigenvalue weighted by atomic mass is 32.2. The molecule has 0 aliphatic heterocycles. The summed E-state index contributed by atoms with van der Waals surface area (Å²) in [4.78, 5) is 23.7. The fourth-order valence-corrected chi connectivity index (χ4v) is 4.47. The van der Waals surface area contributed by atoms with E-state index >= 15 is 4.39 Å². The fraction of sp³-hybridized carbons (Fsp3) is 0.120. The summed E-state index contributed by atoms with van der Waals surface area (Å²) < 4.78 is 55.5. The SMILES string of the molecule is C=N/C=N\C=C(/C)c1cnc2[nH]nc(-c3nc4c(-c5cc(F)cc(CNS(C)(=O)=O)c5)ccnc4[nH]3)c2c1F. The van der Waals surface area contributed by atoms with Gasteiger partial charge in [-0.2, -0.15) is 5.10 Å². The van der Waals surface area contributed by atoms with Crippen LogP contribution in [0.2, 0.25) is 0 Å². The van der Waals surface area contributed by atoms with Gasteiger partial charge in [-0.3, -0.25) is 10.1 Å². The van der Waals surface area contributed by atoms with Gasteiger partial charge >= 0.3 is 0 Å². The second-order valence-electron chi connectivity index (χ2n) is 8.62. The lowest BCUT2D eigenvalue weighted by Gasteiger charge is -2.07. The maximum absolute atomic E-state index is 15.7. The highest BCUT2D eigenvalue weighted by Crippen LogP contribution is 2.33. The van der Waals surface area contributed by atoms with E-state index in [1.54, 1.807) is 19.1 Å². The van der Waals surface area contributed by atoms with Crippen LogP contribution in [0.3, 0.4) is 0 Å². The van der Waals surface area contributed by atoms with Crippen molar-refractivity contribution in [2.75, 3.05) is 6.26 Å². The molecule has 4 heterocycles. The number of hydrogen-bond acceptors (Lipinski definition) is 7. The summed E-state index contributed by atoms with van der Waals surface area (Å²) in [6.45, 7) is 4.91. The van der Waals surface area contributed by atoms with Crippen molar-refractivity contribution in [3.63, 3.8) is 0 Å². The molecule has 11 nitrogen and oxygen atoms in total. The molecule has 1 aromatic carbocycles. The zero-order chi connectivity index (χ0) is 27.7. The van der Waals surface area contributed by atoms with Gasteiger partial charge in [-0.05, 0) is 54.6 Å². The molecule has 0 bridgehead atoms. The topological polar surface area (TPSA) is 154 Å². The molecule has 0 atom stereocenters. The number of pyridine rings is 2. The van der Waals surface area contributed by atoms with E-state index in [0.717, 1.165) is 6.26 Å². The van der Waals surface area contributed by atoms with Crippen molar-refractivity contribution in [3.8, 4) is 22.6 Å². The third kappa shape index (κ3) is 5.32. The molecule has 5 rings (SSSR count). The van der Waals surface area contributed by atoms with Crippen LogP contribution in [0, 0.1) is 11.6 Å². The zero-order valence-electron chi connectivity index (χ0n) is 20.7. The van der Waals surface area contributed by atoms with E-state index in [4.69, 9.17) is 0 Å². The Hall–Kier alpha value is -4.69. The normalized spacial score (nSPS) is 12.7. The van der Waals surface area contributed by atoms with Crippen LogP contribution < -0.4 is 4.72 Å². The van der Waals surface area contributed by atoms with Crippen molar-refractivity contribution in [3.05, 3.63) is 65.6 Å². The number of rotatable bonds is 8. The number of nitrogens with one attached hydrogen (secondary N) is 3. The molecule has 0 fully saturated rings. The molecule has 198 valence electrons. The lowest BCUT2D eigenvalue weighted by molar-refractivity contribution is 0.586. The quantitative estimate of drug-likeness (QED) is 0.197. The van der Waals surface area contributed by atoms with Crippen molar-refractivity contribution in [1.29, 1.82) is 0 Å². The molecule has 4 aromatic heterocycles. The van der Waals surface area contributed by atoms with Crippen molar-refractivity contribution in [1.82, 2.24) is 34.9 Å². The molecule has 0 radical (unpaired) electrons. The van der Waals surface area contributed by atoms with Crippen LogP contribution in [-0.4, -0.2) is 57.9 Å². The Morgan fingerprint density at radius 3 is 2.79 bits per heavy atom. The number of allylic oxidation sites excluding steroid dienone is 1. The Morgan fingerprint density at radius 2 is 2.03 bits per heavy atom. The van der Waals surface area contributed by atoms with Crippen LogP contribution in [-0.2, 0) is 16.6 Å². The first-order valence-corrected chi connectivity index (χ1v) is 13.3. The zero-order valence-corrected chi connectivity index (χ0v) is 21.5. The third-order valence-electron chi connectivity index (χ3n) is 5.78. The maximum atomic E-state index is 15.7. The average Bonchev–Trinajstić information content (AvgIpc) is 3.51. The molecule has 0 amide bonds. The largest absolute Gasteiger partial charge is 0.321 e. The standard InChI is InChI=1S/C25H21F2N9O2S/c1-13(9-29-12-28-2)18-11-31-23-19(20(18)27)22(35-36-23)25-33-21-17(4-5-30-24(21)34-25)15-6-14(7-16(26)8-15)10-32-39(3,37)38/h4-9,11-12,32H,2,10H2,1,3H3,(H,30,33,34)(H,31,35,36)/b13-9+,29-12-. The Bertz CT molecular complexity index is 1910. The Kier molecular flexibility index (Phi) is 6.80. The van der Waals surface area contributed by atoms with Gasteiger partial charge in [-0.25, -0.2) is 41.9 Å². The predicted molar refractivity (Wildman–Crippen MR) is 145 cm³/mol.